The van der Waals surface area contributed by atoms with Gasteiger partial charge in [-0.3, -0.25) is 34.1 Å². The Kier molecular flexibility index (Phi) is 11.3. The number of aliphatic carboxylic acids is 1. The van der Waals surface area contributed by atoms with Crippen molar-refractivity contribution in [2.45, 2.75) is 28.5 Å². The molecule has 2 aliphatic rings. The number of carboxylic acids is 1. The molecule has 6 rings (SSSR count). The first-order valence-electron chi connectivity index (χ1n) is 16.8. The smallest absolute Gasteiger partial charge is 0.339 e. The maximum Gasteiger partial charge on any atom is 0.339 e. The van der Waals surface area contributed by atoms with E-state index in [0.29, 0.717) is 23.0 Å². The van der Waals surface area contributed by atoms with E-state index in [1.807, 2.05) is 25.1 Å². The van der Waals surface area contributed by atoms with Crippen molar-refractivity contribution in [1.82, 2.24) is 0 Å². The number of rotatable bonds is 11. The largest absolute Gasteiger partial charge is 0.478 e. The molecule has 0 aliphatic heterocycles. The third kappa shape index (κ3) is 9.00. The van der Waals surface area contributed by atoms with Crippen LogP contribution >= 0.6 is 0 Å². The number of nitrogens with zero attached hydrogens (tertiary/aromatic N) is 4. The number of anilines is 3. The van der Waals surface area contributed by atoms with Gasteiger partial charge in [-0.25, -0.2) is 4.79 Å². The zero-order chi connectivity index (χ0) is 43.9. The summed E-state index contributed by atoms with van der Waals surface area (Å²) in [5, 5.41) is 25.0. The highest BCUT2D eigenvalue weighted by molar-refractivity contribution is 7.86. The van der Waals surface area contributed by atoms with Gasteiger partial charge in [0.05, 0.1) is 33.2 Å². The van der Waals surface area contributed by atoms with E-state index in [-0.39, 0.29) is 17.0 Å². The summed E-state index contributed by atoms with van der Waals surface area (Å²) in [6.45, 7) is 3.61. The third-order valence-corrected chi connectivity index (χ3v) is 11.5. The van der Waals surface area contributed by atoms with Crippen LogP contribution in [-0.2, 0) is 39.9 Å². The number of hydrazone groups is 2. The summed E-state index contributed by atoms with van der Waals surface area (Å²) in [6, 6.07) is 13.5. The molecule has 4 aromatic rings. The number of carbonyl (C=O) groups is 3. The Morgan fingerprint density at radius 3 is 1.80 bits per heavy atom. The lowest BCUT2D eigenvalue weighted by atomic mass is 9.92. The number of benzene rings is 4. The normalized spacial score (nSPS) is 15.7. The van der Waals surface area contributed by atoms with Crippen molar-refractivity contribution in [3.05, 3.63) is 113 Å². The van der Waals surface area contributed by atoms with E-state index in [0.717, 1.165) is 41.0 Å². The number of nitrogens with two attached hydrogens (primary N) is 1. The predicted molar refractivity (Wildman–Crippen MR) is 218 cm³/mol. The predicted octanol–water partition coefficient (Wildman–Crippen LogP) is 5.30. The van der Waals surface area contributed by atoms with Crippen LogP contribution in [0.3, 0.4) is 0 Å². The zero-order valence-electron chi connectivity index (χ0n) is 30.7. The lowest BCUT2D eigenvalue weighted by Crippen LogP contribution is -2.22. The number of azo groups is 1. The van der Waals surface area contributed by atoms with E-state index in [1.54, 1.807) is 25.1 Å². The van der Waals surface area contributed by atoms with E-state index in [4.69, 9.17) is 5.73 Å². The van der Waals surface area contributed by atoms with Crippen LogP contribution in [0.25, 0.3) is 17.2 Å². The molecule has 0 atom stereocenters. The summed E-state index contributed by atoms with van der Waals surface area (Å²) in [5.41, 5.74) is 13.3. The average molecular weight is 876 g/mol. The minimum absolute atomic E-state index is 0.246. The van der Waals surface area contributed by atoms with Crippen molar-refractivity contribution < 1.29 is 58.4 Å². The van der Waals surface area contributed by atoms with Crippen molar-refractivity contribution in [3.8, 4) is 11.1 Å². The fourth-order valence-electron chi connectivity index (χ4n) is 5.83. The number of Topliss-reactive ketones (excluding diaryl/α,β-unsaturated/α-hetero) is 1. The number of fused-ring (bicyclic) bond motifs is 1. The molecule has 60 heavy (non-hydrogen) atoms. The number of hydrogen-bond donors (Lipinski definition) is 7. The first-order valence-corrected chi connectivity index (χ1v) is 21.1. The Hall–Kier alpha value is -7.02. The van der Waals surface area contributed by atoms with Gasteiger partial charge in [0.1, 0.15) is 32.5 Å². The highest BCUT2D eigenvalue weighted by Crippen LogP contribution is 2.39. The molecule has 23 heteroatoms. The quantitative estimate of drug-likeness (QED) is 0.0251. The Labute approximate surface area is 340 Å². The Morgan fingerprint density at radius 1 is 0.667 bits per heavy atom. The second-order valence-electron chi connectivity index (χ2n) is 12.9. The number of aryl methyl sites for hydroxylation is 2. The number of hydrogen-bond acceptors (Lipinski definition) is 16. The van der Waals surface area contributed by atoms with Crippen LogP contribution in [0, 0.1) is 13.8 Å². The zero-order valence-corrected chi connectivity index (χ0v) is 33.2. The van der Waals surface area contributed by atoms with Crippen LogP contribution in [0.1, 0.15) is 27.0 Å². The van der Waals surface area contributed by atoms with Gasteiger partial charge in [-0.1, -0.05) is 18.2 Å². The first kappa shape index (κ1) is 42.6. The highest BCUT2D eigenvalue weighted by atomic mass is 32.2. The summed E-state index contributed by atoms with van der Waals surface area (Å²) < 4.78 is 101. The van der Waals surface area contributed by atoms with Crippen LogP contribution in [-0.4, -0.2) is 73.0 Å². The summed E-state index contributed by atoms with van der Waals surface area (Å²) in [4.78, 5) is 34.0. The second-order valence-corrected chi connectivity index (χ2v) is 17.1. The van der Waals surface area contributed by atoms with E-state index in [1.165, 1.54) is 24.3 Å². The Balaban J connectivity index is 1.25. The van der Waals surface area contributed by atoms with Crippen molar-refractivity contribution in [2.75, 3.05) is 16.6 Å². The molecule has 0 radical (unpaired) electrons. The van der Waals surface area contributed by atoms with Crippen molar-refractivity contribution in [3.63, 3.8) is 0 Å². The van der Waals surface area contributed by atoms with E-state index >= 15 is 0 Å². The van der Waals surface area contributed by atoms with Crippen LogP contribution in [0.4, 0.5) is 28.4 Å². The van der Waals surface area contributed by atoms with Crippen molar-refractivity contribution in [2.24, 2.45) is 20.4 Å². The summed E-state index contributed by atoms with van der Waals surface area (Å²) in [7, 11) is -15.1. The lowest BCUT2D eigenvalue weighted by Gasteiger charge is -2.18. The summed E-state index contributed by atoms with van der Waals surface area (Å²) in [6.07, 6.45) is 6.03. The minimum atomic E-state index is -5.17. The fraction of sp³-hybridized carbons (Fsp3) is 0.0541. The van der Waals surface area contributed by atoms with Gasteiger partial charge < -0.3 is 10.8 Å². The molecule has 0 fully saturated rings. The molecule has 0 heterocycles. The lowest BCUT2D eigenvalue weighted by molar-refractivity contribution is -0.134. The molecule has 20 nitrogen and oxygen atoms in total. The fourth-order valence-corrected chi connectivity index (χ4v) is 7.76. The minimum Gasteiger partial charge on any atom is -0.478 e. The van der Waals surface area contributed by atoms with Gasteiger partial charge in [0.15, 0.2) is 5.78 Å². The van der Waals surface area contributed by atoms with Crippen LogP contribution < -0.4 is 16.6 Å². The third-order valence-electron chi connectivity index (χ3n) is 8.85. The van der Waals surface area contributed by atoms with Crippen molar-refractivity contribution in [1.29, 1.82) is 0 Å². The number of nitrogen functional groups attached to an aromatic ring is 1. The van der Waals surface area contributed by atoms with Gasteiger partial charge in [-0.2, -0.15) is 35.5 Å². The summed E-state index contributed by atoms with van der Waals surface area (Å²) >= 11 is 0. The van der Waals surface area contributed by atoms with Crippen molar-refractivity contribution >= 4 is 93.8 Å². The van der Waals surface area contributed by atoms with Gasteiger partial charge in [-0.15, -0.1) is 10.2 Å². The average Bonchev–Trinajstić information content (AvgIpc) is 3.16. The molecule has 0 spiro atoms. The number of ketones is 2. The van der Waals surface area contributed by atoms with Gasteiger partial charge in [0, 0.05) is 5.56 Å². The Bertz CT molecular complexity index is 3120. The van der Waals surface area contributed by atoms with E-state index < -0.39 is 90.8 Å². The van der Waals surface area contributed by atoms with E-state index in [9.17, 15) is 58.4 Å². The molecule has 0 saturated heterocycles. The van der Waals surface area contributed by atoms with E-state index in [2.05, 4.69) is 31.3 Å². The molecule has 4 aromatic carbocycles. The topological polar surface area (TPSA) is 334 Å². The molecule has 0 saturated carbocycles. The first-order chi connectivity index (χ1) is 28.0. The van der Waals surface area contributed by atoms with Gasteiger partial charge in [0.2, 0.25) is 5.78 Å². The molecule has 0 bridgehead atoms. The monoisotopic (exact) mass is 875 g/mol. The molecule has 0 aromatic heterocycles. The van der Waals surface area contributed by atoms with Gasteiger partial charge >= 0.3 is 5.97 Å². The number of carbonyl (C=O) groups excluding carboxylic acids is 2. The van der Waals surface area contributed by atoms with Crippen LogP contribution in [0.15, 0.2) is 126 Å². The molecular weight excluding hydrogens is 847 g/mol. The second kappa shape index (κ2) is 16.0. The molecule has 0 amide bonds. The standard InChI is InChI=1S/C37H29N7O13S3/c1-18-13-20(3-8-26(18)40-39-22-5-12-31(45)25(15-22)37(47)48)21-4-9-27(19(2)14-21)41-43-29-11-7-24-32(59(52,53)54)17-30(35(38)34(24)36(29)46)44-42-28-10-6-23(58(49,50)51)16-33(28)60(55,56)57/h3-17,40-41H,38H2,1-2H3,(H,47,48)(H,49,50,51)(H,52,53,54)(H,55,56,57)/b39-22-,43-29+,44-42?. The van der Waals surface area contributed by atoms with Crippen LogP contribution in [0.5, 0.6) is 0 Å². The van der Waals surface area contributed by atoms with Crippen LogP contribution in [0.2, 0.25) is 0 Å². The molecule has 2 aliphatic carbocycles. The maximum absolute atomic E-state index is 13.8. The highest BCUT2D eigenvalue weighted by Gasteiger charge is 2.31. The number of allylic oxidation sites excluding steroid dienone is 4. The van der Waals surface area contributed by atoms with Gasteiger partial charge in [0.25, 0.3) is 30.4 Å². The molecule has 8 N–H and O–H groups in total. The molecule has 308 valence electrons. The maximum atomic E-state index is 13.8. The molecular formula is C37H29N7O13S3. The Morgan fingerprint density at radius 2 is 1.25 bits per heavy atom. The SMILES string of the molecule is Cc1cc(-c2ccc(N/N=C3\C=Cc4c(S(=O)(=O)O)cc(N=Nc5ccc(S(=O)(=O)O)cc5S(=O)(=O)O)c(N)c4C3=O)c(C)c2)ccc1N/N=C1/C=CC(=O)C(C(=O)O)=C1. The summed E-state index contributed by atoms with van der Waals surface area (Å²) in [5.74, 6) is -2.90. The van der Waals surface area contributed by atoms with Gasteiger partial charge in [-0.05, 0) is 109 Å². The molecule has 0 unspecified atom stereocenters. The number of nitrogens with one attached hydrogen (secondary N) is 2. The number of carboxylic acid groups (broad SMARTS) is 1.